The lowest BCUT2D eigenvalue weighted by Crippen LogP contribution is -2.37. The first kappa shape index (κ1) is 11.8. The SMILES string of the molecule is CCC(C#N)(C(=O)OC)C1C=CCCC1. The van der Waals surface area contributed by atoms with Gasteiger partial charge in [0.25, 0.3) is 0 Å². The molecule has 0 saturated heterocycles. The lowest BCUT2D eigenvalue weighted by Gasteiger charge is -2.31. The summed E-state index contributed by atoms with van der Waals surface area (Å²) < 4.78 is 4.76. The smallest absolute Gasteiger partial charge is 0.326 e. The number of nitriles is 1. The maximum absolute atomic E-state index is 11.7. The fraction of sp³-hybridized carbons (Fsp3) is 0.667. The summed E-state index contributed by atoms with van der Waals surface area (Å²) in [6, 6.07) is 2.16. The van der Waals surface area contributed by atoms with Gasteiger partial charge in [0.05, 0.1) is 13.2 Å². The zero-order valence-corrected chi connectivity index (χ0v) is 9.32. The molecule has 3 heteroatoms. The highest BCUT2D eigenvalue weighted by Gasteiger charge is 2.44. The Morgan fingerprint density at radius 3 is 2.87 bits per heavy atom. The Balaban J connectivity index is 2.99. The Labute approximate surface area is 90.7 Å². The monoisotopic (exact) mass is 207 g/mol. The summed E-state index contributed by atoms with van der Waals surface area (Å²) in [6.07, 6.45) is 7.54. The number of hydrogen-bond donors (Lipinski definition) is 0. The van der Waals surface area contributed by atoms with Crippen LogP contribution in [-0.2, 0) is 9.53 Å². The minimum atomic E-state index is -0.980. The number of esters is 1. The van der Waals surface area contributed by atoms with Gasteiger partial charge in [0.15, 0.2) is 5.41 Å². The van der Waals surface area contributed by atoms with Crippen molar-refractivity contribution in [3.8, 4) is 6.07 Å². The average Bonchev–Trinajstić information content (AvgIpc) is 2.32. The molecule has 15 heavy (non-hydrogen) atoms. The molecule has 82 valence electrons. The van der Waals surface area contributed by atoms with E-state index in [1.165, 1.54) is 7.11 Å². The summed E-state index contributed by atoms with van der Waals surface area (Å²) in [4.78, 5) is 11.7. The van der Waals surface area contributed by atoms with Crippen molar-refractivity contribution in [3.63, 3.8) is 0 Å². The molecule has 0 saturated carbocycles. The molecule has 0 heterocycles. The van der Waals surface area contributed by atoms with Crippen LogP contribution in [0.25, 0.3) is 0 Å². The van der Waals surface area contributed by atoms with Crippen LogP contribution in [0.1, 0.15) is 32.6 Å². The van der Waals surface area contributed by atoms with Crippen LogP contribution in [0.2, 0.25) is 0 Å². The number of carbonyl (C=O) groups is 1. The van der Waals surface area contributed by atoms with Gasteiger partial charge in [-0.15, -0.1) is 0 Å². The second kappa shape index (κ2) is 4.97. The summed E-state index contributed by atoms with van der Waals surface area (Å²) in [5.41, 5.74) is -0.980. The highest BCUT2D eigenvalue weighted by atomic mass is 16.5. The molecule has 1 aliphatic carbocycles. The van der Waals surface area contributed by atoms with Crippen LogP contribution in [0.5, 0.6) is 0 Å². The van der Waals surface area contributed by atoms with Crippen LogP contribution in [0.3, 0.4) is 0 Å². The van der Waals surface area contributed by atoms with Gasteiger partial charge in [-0.2, -0.15) is 5.26 Å². The highest BCUT2D eigenvalue weighted by Crippen LogP contribution is 2.38. The van der Waals surface area contributed by atoms with Crippen molar-refractivity contribution in [3.05, 3.63) is 12.2 Å². The molecule has 2 atom stereocenters. The lowest BCUT2D eigenvalue weighted by molar-refractivity contribution is -0.151. The molecule has 2 unspecified atom stereocenters. The van der Waals surface area contributed by atoms with Gasteiger partial charge in [-0.1, -0.05) is 19.1 Å². The molecule has 0 spiro atoms. The first-order valence-electron chi connectivity index (χ1n) is 5.37. The molecule has 0 N–H and O–H groups in total. The Bertz CT molecular complexity index is 303. The van der Waals surface area contributed by atoms with Gasteiger partial charge >= 0.3 is 5.97 Å². The van der Waals surface area contributed by atoms with Gasteiger partial charge < -0.3 is 4.74 Å². The number of rotatable bonds is 3. The molecule has 0 fully saturated rings. The molecule has 1 aliphatic rings. The fourth-order valence-corrected chi connectivity index (χ4v) is 2.17. The molecule has 0 aromatic carbocycles. The number of hydrogen-bond acceptors (Lipinski definition) is 3. The van der Waals surface area contributed by atoms with E-state index in [4.69, 9.17) is 4.74 Å². The van der Waals surface area contributed by atoms with E-state index in [1.807, 2.05) is 13.0 Å². The van der Waals surface area contributed by atoms with Gasteiger partial charge in [-0.3, -0.25) is 4.79 Å². The van der Waals surface area contributed by atoms with Crippen molar-refractivity contribution < 1.29 is 9.53 Å². The Hall–Kier alpha value is -1.30. The summed E-state index contributed by atoms with van der Waals surface area (Å²) in [6.45, 7) is 1.86. The van der Waals surface area contributed by atoms with Gasteiger partial charge in [-0.05, 0) is 25.7 Å². The molecule has 0 aromatic rings. The number of carbonyl (C=O) groups excluding carboxylic acids is 1. The quantitative estimate of drug-likeness (QED) is 0.527. The van der Waals surface area contributed by atoms with E-state index in [0.29, 0.717) is 6.42 Å². The fourth-order valence-electron chi connectivity index (χ4n) is 2.17. The number of methoxy groups -OCH3 is 1. The van der Waals surface area contributed by atoms with E-state index >= 15 is 0 Å². The van der Waals surface area contributed by atoms with Crippen LogP contribution in [0.15, 0.2) is 12.2 Å². The Morgan fingerprint density at radius 2 is 2.47 bits per heavy atom. The third kappa shape index (κ3) is 2.04. The van der Waals surface area contributed by atoms with Crippen molar-refractivity contribution in [2.45, 2.75) is 32.6 Å². The van der Waals surface area contributed by atoms with Gasteiger partial charge in [0, 0.05) is 5.92 Å². The van der Waals surface area contributed by atoms with Crippen LogP contribution in [0, 0.1) is 22.7 Å². The van der Waals surface area contributed by atoms with Crippen LogP contribution in [-0.4, -0.2) is 13.1 Å². The van der Waals surface area contributed by atoms with Crippen molar-refractivity contribution in [2.24, 2.45) is 11.3 Å². The van der Waals surface area contributed by atoms with E-state index in [-0.39, 0.29) is 5.92 Å². The largest absolute Gasteiger partial charge is 0.468 e. The number of nitrogens with zero attached hydrogens (tertiary/aromatic N) is 1. The third-order valence-electron chi connectivity index (χ3n) is 3.19. The number of ether oxygens (including phenoxy) is 1. The molecule has 1 rings (SSSR count). The second-order valence-corrected chi connectivity index (χ2v) is 3.89. The summed E-state index contributed by atoms with van der Waals surface area (Å²) >= 11 is 0. The zero-order valence-electron chi connectivity index (χ0n) is 9.32. The van der Waals surface area contributed by atoms with E-state index in [2.05, 4.69) is 12.1 Å². The average molecular weight is 207 g/mol. The topological polar surface area (TPSA) is 50.1 Å². The molecular weight excluding hydrogens is 190 g/mol. The van der Waals surface area contributed by atoms with E-state index in [9.17, 15) is 10.1 Å². The van der Waals surface area contributed by atoms with Gasteiger partial charge in [0.2, 0.25) is 0 Å². The molecule has 0 radical (unpaired) electrons. The second-order valence-electron chi connectivity index (χ2n) is 3.89. The lowest BCUT2D eigenvalue weighted by atomic mass is 9.70. The maximum atomic E-state index is 11.7. The highest BCUT2D eigenvalue weighted by molar-refractivity contribution is 5.80. The molecule has 0 bridgehead atoms. The Kier molecular flexibility index (Phi) is 3.90. The predicted octanol–water partition coefficient (Wildman–Crippen LogP) is 2.44. The normalized spacial score (nSPS) is 23.9. The van der Waals surface area contributed by atoms with Gasteiger partial charge in [-0.25, -0.2) is 0 Å². The van der Waals surface area contributed by atoms with E-state index in [0.717, 1.165) is 19.3 Å². The third-order valence-corrected chi connectivity index (χ3v) is 3.19. The standard InChI is InChI=1S/C12H17NO2/c1-3-12(9-13,11(14)15-2)10-7-5-4-6-8-10/h5,7,10H,3-4,6,8H2,1-2H3. The van der Waals surface area contributed by atoms with Crippen molar-refractivity contribution >= 4 is 5.97 Å². The molecule has 0 aromatic heterocycles. The van der Waals surface area contributed by atoms with Crippen molar-refractivity contribution in [2.75, 3.05) is 7.11 Å². The molecule has 0 aliphatic heterocycles. The molecule has 0 amide bonds. The van der Waals surface area contributed by atoms with Crippen LogP contribution >= 0.6 is 0 Å². The maximum Gasteiger partial charge on any atom is 0.326 e. The van der Waals surface area contributed by atoms with E-state index in [1.54, 1.807) is 0 Å². The molecular formula is C12H17NO2. The first-order valence-corrected chi connectivity index (χ1v) is 5.37. The zero-order chi connectivity index (χ0) is 11.3. The summed E-state index contributed by atoms with van der Waals surface area (Å²) in [5.74, 6) is -0.391. The first-order chi connectivity index (χ1) is 7.21. The van der Waals surface area contributed by atoms with Crippen LogP contribution < -0.4 is 0 Å². The molecule has 3 nitrogen and oxygen atoms in total. The summed E-state index contributed by atoms with van der Waals surface area (Å²) in [5, 5.41) is 9.25. The van der Waals surface area contributed by atoms with Crippen molar-refractivity contribution in [1.82, 2.24) is 0 Å². The predicted molar refractivity (Wildman–Crippen MR) is 56.8 cm³/mol. The summed E-state index contributed by atoms with van der Waals surface area (Å²) in [7, 11) is 1.34. The minimum Gasteiger partial charge on any atom is -0.468 e. The minimum absolute atomic E-state index is 0.00806. The van der Waals surface area contributed by atoms with Crippen LogP contribution in [0.4, 0.5) is 0 Å². The van der Waals surface area contributed by atoms with Gasteiger partial charge in [0.1, 0.15) is 0 Å². The van der Waals surface area contributed by atoms with Crippen molar-refractivity contribution in [1.29, 1.82) is 5.26 Å². The number of allylic oxidation sites excluding steroid dienone is 2. The van der Waals surface area contributed by atoms with E-state index < -0.39 is 11.4 Å². The Morgan fingerprint density at radius 1 is 1.73 bits per heavy atom.